The third kappa shape index (κ3) is 3.77. The highest BCUT2D eigenvalue weighted by Gasteiger charge is 2.48. The summed E-state index contributed by atoms with van der Waals surface area (Å²) in [7, 11) is 0. The molecule has 6 N–H and O–H groups in total. The van der Waals surface area contributed by atoms with Crippen molar-refractivity contribution in [3.8, 4) is 5.75 Å². The zero-order chi connectivity index (χ0) is 21.4. The summed E-state index contributed by atoms with van der Waals surface area (Å²) in [6, 6.07) is 6.90. The number of anilines is 3. The Labute approximate surface area is 176 Å². The Morgan fingerprint density at radius 1 is 1.30 bits per heavy atom. The summed E-state index contributed by atoms with van der Waals surface area (Å²) in [5, 5.41) is 30.4. The van der Waals surface area contributed by atoms with E-state index in [0.717, 1.165) is 0 Å². The number of aromatic nitrogens is 2. The number of rotatable bonds is 6. The maximum Gasteiger partial charge on any atom is 0.278 e. The van der Waals surface area contributed by atoms with Crippen LogP contribution >= 0.6 is 11.6 Å². The minimum atomic E-state index is -1.30. The van der Waals surface area contributed by atoms with Crippen LogP contribution in [0.4, 0.5) is 17.5 Å². The first-order valence-corrected chi connectivity index (χ1v) is 9.69. The van der Waals surface area contributed by atoms with Crippen molar-refractivity contribution >= 4 is 29.1 Å². The van der Waals surface area contributed by atoms with Crippen LogP contribution in [0.15, 0.2) is 29.1 Å². The van der Waals surface area contributed by atoms with Gasteiger partial charge in [-0.3, -0.25) is 9.78 Å². The topological polar surface area (TPSA) is 157 Å². The zero-order valence-corrected chi connectivity index (χ0v) is 16.6. The fourth-order valence-corrected chi connectivity index (χ4v) is 3.73. The standard InChI is InChI=1S/C18H22ClN5O6/c19-9-1-3-10(4-2-9)29-6-5-23-8-24(15-12(23)16(28)22-18(20)21-15)17-14(27)13(26)11(7-25)30-17/h1-4,11,13-14,17,25-27H,5-8H2,(H3,20,21,22,28)/t11-,13-,14-,17-/m1/s1. The normalized spacial score (nSPS) is 25.6. The molecule has 0 radical (unpaired) electrons. The molecule has 3 heterocycles. The molecule has 2 aliphatic rings. The third-order valence-corrected chi connectivity index (χ3v) is 5.33. The predicted molar refractivity (Wildman–Crippen MR) is 109 cm³/mol. The molecule has 0 aliphatic carbocycles. The molecule has 1 fully saturated rings. The highest BCUT2D eigenvalue weighted by atomic mass is 35.5. The molecule has 1 aromatic carbocycles. The molecule has 0 bridgehead atoms. The number of aliphatic hydroxyl groups is 3. The van der Waals surface area contributed by atoms with E-state index in [1.165, 1.54) is 4.90 Å². The number of aliphatic hydroxyl groups excluding tert-OH is 3. The highest BCUT2D eigenvalue weighted by molar-refractivity contribution is 6.30. The van der Waals surface area contributed by atoms with Crippen molar-refractivity contribution < 1.29 is 24.8 Å². The van der Waals surface area contributed by atoms with Crippen LogP contribution in [0.1, 0.15) is 0 Å². The first-order valence-electron chi connectivity index (χ1n) is 9.31. The summed E-state index contributed by atoms with van der Waals surface area (Å²) < 4.78 is 11.3. The van der Waals surface area contributed by atoms with Gasteiger partial charge in [0.2, 0.25) is 5.95 Å². The molecule has 2 aliphatic heterocycles. The Morgan fingerprint density at radius 3 is 2.70 bits per heavy atom. The minimum Gasteiger partial charge on any atom is -0.492 e. The van der Waals surface area contributed by atoms with E-state index in [1.54, 1.807) is 29.2 Å². The van der Waals surface area contributed by atoms with Crippen LogP contribution in [0.5, 0.6) is 5.75 Å². The second kappa shape index (κ2) is 8.28. The van der Waals surface area contributed by atoms with Crippen LogP contribution in [0, 0.1) is 0 Å². The summed E-state index contributed by atoms with van der Waals surface area (Å²) in [6.45, 7) is 0.273. The monoisotopic (exact) mass is 439 g/mol. The molecule has 0 unspecified atom stereocenters. The number of nitrogens with two attached hydrogens (primary N) is 1. The second-order valence-corrected chi connectivity index (χ2v) is 7.47. The molecule has 4 atom stereocenters. The van der Waals surface area contributed by atoms with Crippen molar-refractivity contribution in [2.45, 2.75) is 24.5 Å². The summed E-state index contributed by atoms with van der Waals surface area (Å²) in [5.74, 6) is 0.760. The second-order valence-electron chi connectivity index (χ2n) is 7.03. The van der Waals surface area contributed by atoms with E-state index >= 15 is 0 Å². The molecule has 4 rings (SSSR count). The van der Waals surface area contributed by atoms with Gasteiger partial charge in [0.15, 0.2) is 12.0 Å². The molecule has 11 nitrogen and oxygen atoms in total. The Bertz CT molecular complexity index is 957. The van der Waals surface area contributed by atoms with E-state index in [-0.39, 0.29) is 30.7 Å². The molecular formula is C18H22ClN5O6. The van der Waals surface area contributed by atoms with Gasteiger partial charge in [-0.25, -0.2) is 0 Å². The van der Waals surface area contributed by atoms with Crippen molar-refractivity contribution in [1.82, 2.24) is 9.97 Å². The lowest BCUT2D eigenvalue weighted by Gasteiger charge is -2.28. The van der Waals surface area contributed by atoms with Crippen molar-refractivity contribution in [2.75, 3.05) is 42.0 Å². The fraction of sp³-hybridized carbons (Fsp3) is 0.444. The third-order valence-electron chi connectivity index (χ3n) is 5.07. The van der Waals surface area contributed by atoms with Gasteiger partial charge in [0, 0.05) is 5.02 Å². The minimum absolute atomic E-state index is 0.0882. The quantitative estimate of drug-likeness (QED) is 0.382. The molecule has 2 aromatic rings. The van der Waals surface area contributed by atoms with Gasteiger partial charge in [-0.2, -0.15) is 4.98 Å². The number of aromatic amines is 1. The van der Waals surface area contributed by atoms with Crippen molar-refractivity contribution in [3.63, 3.8) is 0 Å². The van der Waals surface area contributed by atoms with Crippen LogP contribution in [0.2, 0.25) is 5.02 Å². The number of hydrogen-bond acceptors (Lipinski definition) is 10. The molecule has 0 spiro atoms. The van der Waals surface area contributed by atoms with Gasteiger partial charge in [-0.05, 0) is 24.3 Å². The summed E-state index contributed by atoms with van der Waals surface area (Å²) >= 11 is 5.87. The van der Waals surface area contributed by atoms with E-state index in [2.05, 4.69) is 9.97 Å². The molecule has 0 saturated carbocycles. The number of benzene rings is 1. The van der Waals surface area contributed by atoms with Crippen LogP contribution in [0.3, 0.4) is 0 Å². The number of ether oxygens (including phenoxy) is 2. The molecule has 0 amide bonds. The zero-order valence-electron chi connectivity index (χ0n) is 15.8. The van der Waals surface area contributed by atoms with Gasteiger partial charge >= 0.3 is 0 Å². The Hall–Kier alpha value is -2.57. The van der Waals surface area contributed by atoms with E-state index in [4.69, 9.17) is 26.8 Å². The van der Waals surface area contributed by atoms with Gasteiger partial charge in [-0.1, -0.05) is 11.6 Å². The largest absolute Gasteiger partial charge is 0.492 e. The van der Waals surface area contributed by atoms with Crippen LogP contribution < -0.4 is 25.8 Å². The summed E-state index contributed by atoms with van der Waals surface area (Å²) in [5.41, 5.74) is 5.51. The first-order chi connectivity index (χ1) is 14.4. The van der Waals surface area contributed by atoms with Gasteiger partial charge < -0.3 is 40.3 Å². The van der Waals surface area contributed by atoms with Gasteiger partial charge in [-0.15, -0.1) is 0 Å². The lowest BCUT2D eigenvalue weighted by Crippen LogP contribution is -2.46. The van der Waals surface area contributed by atoms with Gasteiger partial charge in [0.25, 0.3) is 5.56 Å². The van der Waals surface area contributed by atoms with Crippen molar-refractivity contribution in [2.24, 2.45) is 0 Å². The average Bonchev–Trinajstić information content (AvgIpc) is 3.21. The molecule has 1 aromatic heterocycles. The maximum absolute atomic E-state index is 12.5. The number of H-pyrrole nitrogens is 1. The summed E-state index contributed by atoms with van der Waals surface area (Å²) in [4.78, 5) is 22.4. The lowest BCUT2D eigenvalue weighted by atomic mass is 10.1. The first kappa shape index (κ1) is 20.7. The Balaban J connectivity index is 1.54. The number of nitrogen functional groups attached to an aromatic ring is 1. The van der Waals surface area contributed by atoms with Crippen molar-refractivity contribution in [1.29, 1.82) is 0 Å². The lowest BCUT2D eigenvalue weighted by molar-refractivity contribution is -0.0222. The molecule has 1 saturated heterocycles. The highest BCUT2D eigenvalue weighted by Crippen LogP contribution is 2.36. The van der Waals surface area contributed by atoms with Crippen molar-refractivity contribution in [3.05, 3.63) is 39.6 Å². The van der Waals surface area contributed by atoms with E-state index < -0.39 is 36.7 Å². The van der Waals surface area contributed by atoms with Gasteiger partial charge in [0.1, 0.15) is 36.4 Å². The number of nitrogens with zero attached hydrogens (tertiary/aromatic N) is 3. The smallest absolute Gasteiger partial charge is 0.278 e. The number of hydrogen-bond donors (Lipinski definition) is 5. The Morgan fingerprint density at radius 2 is 2.03 bits per heavy atom. The van der Waals surface area contributed by atoms with Crippen LogP contribution in [0.25, 0.3) is 0 Å². The van der Waals surface area contributed by atoms with E-state index in [1.807, 2.05) is 0 Å². The molecule has 162 valence electrons. The van der Waals surface area contributed by atoms with Crippen LogP contribution in [-0.2, 0) is 4.74 Å². The Kier molecular flexibility index (Phi) is 5.71. The fourth-order valence-electron chi connectivity index (χ4n) is 3.60. The SMILES string of the molecule is Nc1nc2c(c(=O)[nH]1)N(CCOc1ccc(Cl)cc1)CN2[C@@H]1O[C@H](CO)[C@@H](O)[C@H]1O. The van der Waals surface area contributed by atoms with E-state index in [9.17, 15) is 20.1 Å². The average molecular weight is 440 g/mol. The van der Waals surface area contributed by atoms with Crippen LogP contribution in [-0.4, -0.2) is 76.3 Å². The van der Waals surface area contributed by atoms with Gasteiger partial charge in [0.05, 0.1) is 19.8 Å². The summed E-state index contributed by atoms with van der Waals surface area (Å²) in [6.07, 6.45) is -4.53. The number of halogens is 1. The number of nitrogens with one attached hydrogen (secondary N) is 1. The maximum atomic E-state index is 12.5. The molecule has 12 heteroatoms. The van der Waals surface area contributed by atoms with E-state index in [0.29, 0.717) is 17.3 Å². The molecule has 30 heavy (non-hydrogen) atoms. The predicted octanol–water partition coefficient (Wildman–Crippen LogP) is -0.893. The molecular weight excluding hydrogens is 418 g/mol. The number of fused-ring (bicyclic) bond motifs is 1.